The Labute approximate surface area is 192 Å². The molecule has 0 aliphatic heterocycles. The molecule has 2 heterocycles. The second-order valence-corrected chi connectivity index (χ2v) is 8.02. The van der Waals surface area contributed by atoms with Crippen molar-refractivity contribution in [3.63, 3.8) is 0 Å². The van der Waals surface area contributed by atoms with Gasteiger partial charge in [-0.15, -0.1) is 0 Å². The van der Waals surface area contributed by atoms with E-state index in [9.17, 15) is 4.79 Å². The summed E-state index contributed by atoms with van der Waals surface area (Å²) in [6, 6.07) is 26.6. The minimum Gasteiger partial charge on any atom is -0.457 e. The molecule has 0 radical (unpaired) electrons. The van der Waals surface area contributed by atoms with E-state index in [4.69, 9.17) is 8.83 Å². The Kier molecular flexibility index (Phi) is 5.44. The number of fused-ring (bicyclic) bond motifs is 1. The lowest BCUT2D eigenvalue weighted by atomic mass is 10.2. The van der Waals surface area contributed by atoms with Crippen molar-refractivity contribution in [3.8, 4) is 22.8 Å². The van der Waals surface area contributed by atoms with E-state index in [1.165, 1.54) is 6.08 Å². The Balaban J connectivity index is 1.29. The Morgan fingerprint density at radius 3 is 2.56 bits per heavy atom. The van der Waals surface area contributed by atoms with Gasteiger partial charge >= 0.3 is 0 Å². The van der Waals surface area contributed by atoms with Crippen LogP contribution in [0, 0.1) is 0 Å². The number of rotatable bonds is 5. The third-order valence-corrected chi connectivity index (χ3v) is 5.30. The molecule has 0 fully saturated rings. The fourth-order valence-electron chi connectivity index (χ4n) is 3.29. The summed E-state index contributed by atoms with van der Waals surface area (Å²) < 4.78 is 12.6. The van der Waals surface area contributed by atoms with Crippen LogP contribution in [-0.2, 0) is 4.79 Å². The number of oxazole rings is 1. The molecule has 0 saturated carbocycles. The lowest BCUT2D eigenvalue weighted by molar-refractivity contribution is -0.111. The number of anilines is 1. The molecule has 0 unspecified atom stereocenters. The highest BCUT2D eigenvalue weighted by atomic mass is 79.9. The molecule has 6 heteroatoms. The summed E-state index contributed by atoms with van der Waals surface area (Å²) >= 11 is 3.46. The van der Waals surface area contributed by atoms with Gasteiger partial charge in [-0.2, -0.15) is 0 Å². The lowest BCUT2D eigenvalue weighted by Crippen LogP contribution is -2.07. The summed E-state index contributed by atoms with van der Waals surface area (Å²) in [6.45, 7) is 0. The zero-order valence-corrected chi connectivity index (χ0v) is 18.4. The molecule has 156 valence electrons. The van der Waals surface area contributed by atoms with E-state index < -0.39 is 0 Å². The van der Waals surface area contributed by atoms with E-state index in [0.717, 1.165) is 21.4 Å². The number of aromatic nitrogens is 1. The molecule has 1 N–H and O–H groups in total. The number of benzene rings is 3. The van der Waals surface area contributed by atoms with E-state index in [1.807, 2.05) is 66.7 Å². The van der Waals surface area contributed by atoms with Crippen molar-refractivity contribution in [2.24, 2.45) is 0 Å². The van der Waals surface area contributed by atoms with Gasteiger partial charge in [0.25, 0.3) is 0 Å². The maximum atomic E-state index is 12.4. The number of furan rings is 1. The van der Waals surface area contributed by atoms with Crippen LogP contribution in [0.2, 0.25) is 0 Å². The van der Waals surface area contributed by atoms with Gasteiger partial charge in [0.2, 0.25) is 11.8 Å². The van der Waals surface area contributed by atoms with Gasteiger partial charge in [-0.05, 0) is 54.6 Å². The average Bonchev–Trinajstić information content (AvgIpc) is 3.45. The number of amides is 1. The fraction of sp³-hybridized carbons (Fsp3) is 0. The first kappa shape index (κ1) is 20.0. The van der Waals surface area contributed by atoms with Crippen LogP contribution in [-0.4, -0.2) is 10.9 Å². The van der Waals surface area contributed by atoms with Gasteiger partial charge in [0.1, 0.15) is 17.0 Å². The average molecular weight is 485 g/mol. The molecular weight excluding hydrogens is 468 g/mol. The second-order valence-electron chi connectivity index (χ2n) is 7.10. The molecule has 0 aliphatic carbocycles. The summed E-state index contributed by atoms with van der Waals surface area (Å²) in [5.74, 6) is 1.61. The van der Waals surface area contributed by atoms with Crippen molar-refractivity contribution in [1.82, 2.24) is 4.98 Å². The summed E-state index contributed by atoms with van der Waals surface area (Å²) in [4.78, 5) is 16.9. The maximum absolute atomic E-state index is 12.4. The van der Waals surface area contributed by atoms with E-state index in [0.29, 0.717) is 28.4 Å². The molecule has 0 atom stereocenters. The van der Waals surface area contributed by atoms with Gasteiger partial charge in [-0.3, -0.25) is 4.79 Å². The molecule has 0 spiro atoms. The minimum absolute atomic E-state index is 0.266. The molecule has 5 aromatic rings. The number of halogens is 1. The molecule has 0 saturated heterocycles. The summed E-state index contributed by atoms with van der Waals surface area (Å²) in [5.41, 5.74) is 3.81. The largest absolute Gasteiger partial charge is 0.457 e. The quantitative estimate of drug-likeness (QED) is 0.268. The highest BCUT2D eigenvalue weighted by molar-refractivity contribution is 9.10. The molecule has 0 aliphatic rings. The summed E-state index contributed by atoms with van der Waals surface area (Å²) in [6.07, 6.45) is 3.08. The standard InChI is InChI=1S/C26H17BrN2O3/c27-19-8-4-7-18(15-19)26-29-22-16-20(9-12-24(22)32-26)28-25(30)14-11-21-10-13-23(31-21)17-5-2-1-3-6-17/h1-16H,(H,28,30)/b14-11+. The van der Waals surface area contributed by atoms with Crippen LogP contribution in [0.3, 0.4) is 0 Å². The number of carbonyl (C=O) groups is 1. The molecule has 3 aromatic carbocycles. The molecule has 1 amide bonds. The first-order chi connectivity index (χ1) is 15.6. The molecule has 0 bridgehead atoms. The highest BCUT2D eigenvalue weighted by Crippen LogP contribution is 2.28. The first-order valence-electron chi connectivity index (χ1n) is 9.95. The topological polar surface area (TPSA) is 68.3 Å². The monoisotopic (exact) mass is 484 g/mol. The van der Waals surface area contributed by atoms with Crippen LogP contribution >= 0.6 is 15.9 Å². The number of nitrogens with one attached hydrogen (secondary N) is 1. The lowest BCUT2D eigenvalue weighted by Gasteiger charge is -2.00. The minimum atomic E-state index is -0.266. The van der Waals surface area contributed by atoms with E-state index >= 15 is 0 Å². The highest BCUT2D eigenvalue weighted by Gasteiger charge is 2.10. The van der Waals surface area contributed by atoms with Gasteiger partial charge in [0.05, 0.1) is 0 Å². The van der Waals surface area contributed by atoms with E-state index in [-0.39, 0.29) is 5.91 Å². The molecule has 5 nitrogen and oxygen atoms in total. The Morgan fingerprint density at radius 1 is 0.875 bits per heavy atom. The van der Waals surface area contributed by atoms with Crippen molar-refractivity contribution in [3.05, 3.63) is 101 Å². The number of hydrogen-bond acceptors (Lipinski definition) is 4. The third-order valence-electron chi connectivity index (χ3n) is 4.81. The normalized spacial score (nSPS) is 11.3. The Hall–Kier alpha value is -3.90. The van der Waals surface area contributed by atoms with Crippen molar-refractivity contribution in [2.75, 3.05) is 5.32 Å². The summed E-state index contributed by atoms with van der Waals surface area (Å²) in [5, 5.41) is 2.84. The van der Waals surface area contributed by atoms with Crippen molar-refractivity contribution in [1.29, 1.82) is 0 Å². The molecule has 2 aromatic heterocycles. The molecule has 5 rings (SSSR count). The van der Waals surface area contributed by atoms with Crippen molar-refractivity contribution in [2.45, 2.75) is 0 Å². The first-order valence-corrected chi connectivity index (χ1v) is 10.7. The smallest absolute Gasteiger partial charge is 0.248 e. The van der Waals surface area contributed by atoms with Crippen LogP contribution in [0.5, 0.6) is 0 Å². The van der Waals surface area contributed by atoms with Crippen molar-refractivity contribution < 1.29 is 13.6 Å². The Bertz CT molecular complexity index is 1430. The van der Waals surface area contributed by atoms with E-state index in [2.05, 4.69) is 26.2 Å². The van der Waals surface area contributed by atoms with Crippen LogP contribution in [0.15, 0.2) is 104 Å². The van der Waals surface area contributed by atoms with Gasteiger partial charge in [-0.1, -0.05) is 52.3 Å². The SMILES string of the molecule is O=C(/C=C/c1ccc(-c2ccccc2)o1)Nc1ccc2oc(-c3cccc(Br)c3)nc2c1. The van der Waals surface area contributed by atoms with Crippen molar-refractivity contribution >= 4 is 44.7 Å². The second kappa shape index (κ2) is 8.69. The molecule has 32 heavy (non-hydrogen) atoms. The fourth-order valence-corrected chi connectivity index (χ4v) is 3.69. The van der Waals surface area contributed by atoms with Crippen LogP contribution in [0.4, 0.5) is 5.69 Å². The zero-order valence-electron chi connectivity index (χ0n) is 16.8. The third kappa shape index (κ3) is 4.40. The number of carbonyl (C=O) groups excluding carboxylic acids is 1. The zero-order chi connectivity index (χ0) is 21.9. The van der Waals surface area contributed by atoms with Gasteiger partial charge in [-0.25, -0.2) is 4.98 Å². The van der Waals surface area contributed by atoms with Crippen LogP contribution < -0.4 is 5.32 Å². The number of nitrogens with zero attached hydrogens (tertiary/aromatic N) is 1. The number of hydrogen-bond donors (Lipinski definition) is 1. The van der Waals surface area contributed by atoms with Crippen LogP contribution in [0.25, 0.3) is 40.0 Å². The Morgan fingerprint density at radius 2 is 1.72 bits per heavy atom. The van der Waals surface area contributed by atoms with Gasteiger partial charge < -0.3 is 14.2 Å². The van der Waals surface area contributed by atoms with Crippen LogP contribution in [0.1, 0.15) is 5.76 Å². The van der Waals surface area contributed by atoms with Gasteiger partial charge in [0, 0.05) is 27.4 Å². The predicted octanol–water partition coefficient (Wildman–Crippen LogP) is 7.17. The molecular formula is C26H17BrN2O3. The maximum Gasteiger partial charge on any atom is 0.248 e. The van der Waals surface area contributed by atoms with Gasteiger partial charge in [0.15, 0.2) is 5.58 Å². The summed E-state index contributed by atoms with van der Waals surface area (Å²) in [7, 11) is 0. The predicted molar refractivity (Wildman–Crippen MR) is 129 cm³/mol. The van der Waals surface area contributed by atoms with E-state index in [1.54, 1.807) is 24.3 Å².